The molecule has 0 radical (unpaired) electrons. The molecular formula is C21H37NO2S. The molecule has 1 aromatic carbocycles. The zero-order valence-electron chi connectivity index (χ0n) is 16.9. The SMILES string of the molecule is CCCCCCN(CCCCCC)S(=O)(=O)c1c(C)cc(C)cc1C. The first-order valence-electron chi connectivity index (χ1n) is 9.92. The van der Waals surface area contributed by atoms with Gasteiger partial charge in [-0.25, -0.2) is 8.42 Å². The van der Waals surface area contributed by atoms with Crippen molar-refractivity contribution in [1.82, 2.24) is 4.31 Å². The number of sulfonamides is 1. The lowest BCUT2D eigenvalue weighted by Crippen LogP contribution is -2.34. The molecule has 0 unspecified atom stereocenters. The molecule has 0 aliphatic rings. The van der Waals surface area contributed by atoms with E-state index in [-0.39, 0.29) is 0 Å². The highest BCUT2D eigenvalue weighted by Crippen LogP contribution is 2.26. The molecule has 0 saturated carbocycles. The minimum absolute atomic E-state index is 0.518. The Morgan fingerprint density at radius 3 is 1.60 bits per heavy atom. The van der Waals surface area contributed by atoms with Crippen LogP contribution in [0.3, 0.4) is 0 Å². The van der Waals surface area contributed by atoms with Gasteiger partial charge in [-0.2, -0.15) is 4.31 Å². The maximum absolute atomic E-state index is 13.3. The molecule has 0 aliphatic carbocycles. The fraction of sp³-hybridized carbons (Fsp3) is 0.714. The van der Waals surface area contributed by atoms with E-state index in [9.17, 15) is 8.42 Å². The van der Waals surface area contributed by atoms with Crippen molar-refractivity contribution in [2.45, 2.75) is 90.9 Å². The molecular weight excluding hydrogens is 330 g/mol. The van der Waals surface area contributed by atoms with E-state index in [0.717, 1.165) is 42.4 Å². The molecule has 25 heavy (non-hydrogen) atoms. The van der Waals surface area contributed by atoms with Crippen molar-refractivity contribution < 1.29 is 8.42 Å². The molecule has 3 nitrogen and oxygen atoms in total. The Morgan fingerprint density at radius 2 is 1.20 bits per heavy atom. The summed E-state index contributed by atoms with van der Waals surface area (Å²) < 4.78 is 28.4. The molecule has 0 amide bonds. The van der Waals surface area contributed by atoms with Gasteiger partial charge in [0.25, 0.3) is 0 Å². The summed E-state index contributed by atoms with van der Waals surface area (Å²) in [5.41, 5.74) is 2.85. The Morgan fingerprint density at radius 1 is 0.760 bits per heavy atom. The molecule has 1 rings (SSSR count). The molecule has 4 heteroatoms. The minimum atomic E-state index is -3.42. The van der Waals surface area contributed by atoms with Gasteiger partial charge in [0, 0.05) is 13.1 Å². The lowest BCUT2D eigenvalue weighted by Gasteiger charge is -2.24. The molecule has 1 aromatic rings. The van der Waals surface area contributed by atoms with Crippen LogP contribution in [0.5, 0.6) is 0 Å². The summed E-state index contributed by atoms with van der Waals surface area (Å²) in [4.78, 5) is 0.518. The average Bonchev–Trinajstić information content (AvgIpc) is 2.51. The first-order valence-corrected chi connectivity index (χ1v) is 11.4. The smallest absolute Gasteiger partial charge is 0.207 e. The number of rotatable bonds is 12. The lowest BCUT2D eigenvalue weighted by atomic mass is 10.1. The van der Waals surface area contributed by atoms with Crippen LogP contribution in [0.4, 0.5) is 0 Å². The van der Waals surface area contributed by atoms with Gasteiger partial charge in [-0.3, -0.25) is 0 Å². The number of hydrogen-bond donors (Lipinski definition) is 0. The van der Waals surface area contributed by atoms with Gasteiger partial charge in [0.15, 0.2) is 0 Å². The van der Waals surface area contributed by atoms with E-state index >= 15 is 0 Å². The summed E-state index contributed by atoms with van der Waals surface area (Å²) in [6.07, 6.45) is 8.78. The van der Waals surface area contributed by atoms with Crippen molar-refractivity contribution in [1.29, 1.82) is 0 Å². The van der Waals surface area contributed by atoms with Crippen LogP contribution in [-0.2, 0) is 10.0 Å². The number of nitrogens with zero attached hydrogens (tertiary/aromatic N) is 1. The van der Waals surface area contributed by atoms with Crippen LogP contribution in [-0.4, -0.2) is 25.8 Å². The molecule has 144 valence electrons. The fourth-order valence-electron chi connectivity index (χ4n) is 3.48. The highest BCUT2D eigenvalue weighted by atomic mass is 32.2. The third-order valence-electron chi connectivity index (χ3n) is 4.72. The maximum atomic E-state index is 13.3. The van der Waals surface area contributed by atoms with Gasteiger partial charge in [-0.15, -0.1) is 0 Å². The zero-order chi connectivity index (χ0) is 18.9. The molecule has 0 spiro atoms. The van der Waals surface area contributed by atoms with Gasteiger partial charge in [-0.05, 0) is 44.7 Å². The Labute approximate surface area is 155 Å². The highest BCUT2D eigenvalue weighted by Gasteiger charge is 2.27. The first-order chi connectivity index (χ1) is 11.8. The monoisotopic (exact) mass is 367 g/mol. The minimum Gasteiger partial charge on any atom is -0.207 e. The quantitative estimate of drug-likeness (QED) is 0.440. The van der Waals surface area contributed by atoms with Gasteiger partial charge in [0.2, 0.25) is 10.0 Å². The molecule has 0 N–H and O–H groups in total. The highest BCUT2D eigenvalue weighted by molar-refractivity contribution is 7.89. The number of aryl methyl sites for hydroxylation is 3. The van der Waals surface area contributed by atoms with Crippen molar-refractivity contribution >= 4 is 10.0 Å². The predicted molar refractivity (Wildman–Crippen MR) is 108 cm³/mol. The van der Waals surface area contributed by atoms with E-state index < -0.39 is 10.0 Å². The van der Waals surface area contributed by atoms with Crippen LogP contribution in [0.15, 0.2) is 17.0 Å². The topological polar surface area (TPSA) is 37.4 Å². The number of hydrogen-bond acceptors (Lipinski definition) is 2. The fourth-order valence-corrected chi connectivity index (χ4v) is 5.41. The lowest BCUT2D eigenvalue weighted by molar-refractivity contribution is 0.385. The largest absolute Gasteiger partial charge is 0.243 e. The molecule has 0 atom stereocenters. The van der Waals surface area contributed by atoms with E-state index in [2.05, 4.69) is 13.8 Å². The second-order valence-corrected chi connectivity index (χ2v) is 9.13. The third-order valence-corrected chi connectivity index (χ3v) is 6.93. The van der Waals surface area contributed by atoms with Crippen molar-refractivity contribution in [3.63, 3.8) is 0 Å². The standard InChI is InChI=1S/C21H37NO2S/c1-6-8-10-12-14-22(15-13-11-9-7-2)25(23,24)21-19(4)16-18(3)17-20(21)5/h16-17H,6-15H2,1-5H3. The molecule has 0 aliphatic heterocycles. The third kappa shape index (κ3) is 6.74. The van der Waals surface area contributed by atoms with Crippen molar-refractivity contribution in [3.05, 3.63) is 28.8 Å². The number of unbranched alkanes of at least 4 members (excludes halogenated alkanes) is 6. The van der Waals surface area contributed by atoms with Crippen LogP contribution in [0.2, 0.25) is 0 Å². The van der Waals surface area contributed by atoms with E-state index in [0.29, 0.717) is 18.0 Å². The Bertz CT molecular complexity index is 588. The molecule has 0 bridgehead atoms. The molecule has 0 aromatic heterocycles. The van der Waals surface area contributed by atoms with Gasteiger partial charge in [-0.1, -0.05) is 70.1 Å². The predicted octanol–water partition coefficient (Wildman–Crippen LogP) is 5.76. The zero-order valence-corrected chi connectivity index (χ0v) is 17.7. The normalized spacial score (nSPS) is 12.1. The van der Waals surface area contributed by atoms with Crippen molar-refractivity contribution in [2.24, 2.45) is 0 Å². The number of benzene rings is 1. The van der Waals surface area contributed by atoms with Crippen LogP contribution in [0.25, 0.3) is 0 Å². The molecule has 0 saturated heterocycles. The van der Waals surface area contributed by atoms with Gasteiger partial charge >= 0.3 is 0 Å². The van der Waals surface area contributed by atoms with Crippen LogP contribution >= 0.6 is 0 Å². The Kier molecular flexibility index (Phi) is 9.73. The Balaban J connectivity index is 3.00. The summed E-state index contributed by atoms with van der Waals surface area (Å²) in [7, 11) is -3.42. The summed E-state index contributed by atoms with van der Waals surface area (Å²) in [6.45, 7) is 11.5. The van der Waals surface area contributed by atoms with Crippen molar-refractivity contribution in [3.8, 4) is 0 Å². The van der Waals surface area contributed by atoms with E-state index in [4.69, 9.17) is 0 Å². The van der Waals surface area contributed by atoms with E-state index in [1.165, 1.54) is 25.7 Å². The molecule has 0 heterocycles. The second kappa shape index (κ2) is 11.0. The first kappa shape index (κ1) is 22.2. The second-order valence-electron chi connectivity index (χ2n) is 7.25. The van der Waals surface area contributed by atoms with Crippen molar-refractivity contribution in [2.75, 3.05) is 13.1 Å². The van der Waals surface area contributed by atoms with Gasteiger partial charge in [0.05, 0.1) is 4.90 Å². The average molecular weight is 368 g/mol. The maximum Gasteiger partial charge on any atom is 0.243 e. The van der Waals surface area contributed by atoms with Crippen LogP contribution < -0.4 is 0 Å². The summed E-state index contributed by atoms with van der Waals surface area (Å²) >= 11 is 0. The van der Waals surface area contributed by atoms with E-state index in [1.54, 1.807) is 4.31 Å². The van der Waals surface area contributed by atoms with E-state index in [1.807, 2.05) is 32.9 Å². The molecule has 0 fully saturated rings. The van der Waals surface area contributed by atoms with Gasteiger partial charge < -0.3 is 0 Å². The summed E-state index contributed by atoms with van der Waals surface area (Å²) in [6, 6.07) is 3.96. The van der Waals surface area contributed by atoms with Crippen LogP contribution in [0, 0.1) is 20.8 Å². The van der Waals surface area contributed by atoms with Crippen LogP contribution in [0.1, 0.15) is 81.9 Å². The van der Waals surface area contributed by atoms with Gasteiger partial charge in [0.1, 0.15) is 0 Å². The summed E-state index contributed by atoms with van der Waals surface area (Å²) in [5.74, 6) is 0. The Hall–Kier alpha value is -0.870. The summed E-state index contributed by atoms with van der Waals surface area (Å²) in [5, 5.41) is 0.